The highest BCUT2D eigenvalue weighted by Crippen LogP contribution is 2.14. The molecule has 1 fully saturated rings. The second-order valence-corrected chi connectivity index (χ2v) is 5.40. The van der Waals surface area contributed by atoms with Gasteiger partial charge in [-0.1, -0.05) is 6.92 Å². The quantitative estimate of drug-likeness (QED) is 0.582. The maximum atomic E-state index is 12.2. The fourth-order valence-corrected chi connectivity index (χ4v) is 2.33. The Labute approximate surface area is 120 Å². The molecule has 0 aromatic heterocycles. The average Bonchev–Trinajstić information content (AvgIpc) is 2.84. The van der Waals surface area contributed by atoms with Gasteiger partial charge >= 0.3 is 5.97 Å². The van der Waals surface area contributed by atoms with E-state index in [0.717, 1.165) is 13.0 Å². The Bertz CT molecular complexity index is 322. The van der Waals surface area contributed by atoms with Crippen LogP contribution in [-0.2, 0) is 14.3 Å². The Kier molecular flexibility index (Phi) is 7.54. The molecule has 0 aromatic carbocycles. The highest BCUT2D eigenvalue weighted by molar-refractivity contribution is 5.80. The lowest BCUT2D eigenvalue weighted by Crippen LogP contribution is -2.46. The van der Waals surface area contributed by atoms with E-state index in [-0.39, 0.29) is 30.3 Å². The molecule has 1 heterocycles. The monoisotopic (exact) mass is 286 g/mol. The Balaban J connectivity index is 2.31. The summed E-state index contributed by atoms with van der Waals surface area (Å²) in [7, 11) is 0. The van der Waals surface area contributed by atoms with Crippen LogP contribution in [0, 0.1) is 5.92 Å². The molecule has 1 saturated heterocycles. The third-order valence-corrected chi connectivity index (χ3v) is 3.49. The third-order valence-electron chi connectivity index (χ3n) is 3.49. The van der Waals surface area contributed by atoms with Crippen molar-refractivity contribution in [1.82, 2.24) is 10.6 Å². The summed E-state index contributed by atoms with van der Waals surface area (Å²) in [5.74, 6) is -0.945. The van der Waals surface area contributed by atoms with Gasteiger partial charge in [-0.25, -0.2) is 0 Å². The maximum Gasteiger partial charge on any atom is 0.303 e. The van der Waals surface area contributed by atoms with E-state index >= 15 is 0 Å². The van der Waals surface area contributed by atoms with Crippen molar-refractivity contribution in [2.45, 2.75) is 51.6 Å². The van der Waals surface area contributed by atoms with Crippen molar-refractivity contribution in [3.05, 3.63) is 0 Å². The Morgan fingerprint density at radius 3 is 2.80 bits per heavy atom. The molecule has 0 aliphatic carbocycles. The van der Waals surface area contributed by atoms with E-state index in [1.54, 1.807) is 0 Å². The topological polar surface area (TPSA) is 87.7 Å². The number of carboxylic acids is 1. The van der Waals surface area contributed by atoms with E-state index in [0.29, 0.717) is 26.1 Å². The predicted molar refractivity (Wildman–Crippen MR) is 75.5 cm³/mol. The molecule has 0 spiro atoms. The zero-order valence-corrected chi connectivity index (χ0v) is 12.4. The summed E-state index contributed by atoms with van der Waals surface area (Å²) in [5, 5.41) is 14.9. The molecule has 1 aliphatic heterocycles. The highest BCUT2D eigenvalue weighted by Gasteiger charge is 2.33. The van der Waals surface area contributed by atoms with E-state index in [9.17, 15) is 9.59 Å². The van der Waals surface area contributed by atoms with E-state index in [1.165, 1.54) is 0 Å². The van der Waals surface area contributed by atoms with Crippen molar-refractivity contribution in [2.75, 3.05) is 19.8 Å². The lowest BCUT2D eigenvalue weighted by Gasteiger charge is -2.21. The smallest absolute Gasteiger partial charge is 0.303 e. The van der Waals surface area contributed by atoms with Crippen LogP contribution in [0.5, 0.6) is 0 Å². The summed E-state index contributed by atoms with van der Waals surface area (Å²) < 4.78 is 5.38. The predicted octanol–water partition coefficient (Wildman–Crippen LogP) is 0.761. The van der Waals surface area contributed by atoms with Crippen molar-refractivity contribution in [3.63, 3.8) is 0 Å². The first-order chi connectivity index (χ1) is 9.54. The van der Waals surface area contributed by atoms with Crippen LogP contribution in [0.15, 0.2) is 0 Å². The summed E-state index contributed by atoms with van der Waals surface area (Å²) in [6.07, 6.45) is 2.43. The standard InChI is InChI=1S/C14H26N2O4/c1-3-7-15-12-9-20-8-11(12)14(19)16-10(2)5-4-6-13(17)18/h10-12,15H,3-9H2,1-2H3,(H,16,19)(H,17,18). The van der Waals surface area contributed by atoms with E-state index < -0.39 is 5.97 Å². The number of rotatable bonds is 9. The van der Waals surface area contributed by atoms with Gasteiger partial charge in [0.1, 0.15) is 0 Å². The lowest BCUT2D eigenvalue weighted by molar-refractivity contribution is -0.137. The highest BCUT2D eigenvalue weighted by atomic mass is 16.5. The minimum atomic E-state index is -0.795. The van der Waals surface area contributed by atoms with Gasteiger partial charge < -0.3 is 20.5 Å². The van der Waals surface area contributed by atoms with Gasteiger partial charge in [-0.3, -0.25) is 9.59 Å². The second kappa shape index (κ2) is 8.92. The average molecular weight is 286 g/mol. The molecule has 0 radical (unpaired) electrons. The minimum Gasteiger partial charge on any atom is -0.481 e. The summed E-state index contributed by atoms with van der Waals surface area (Å²) in [6.45, 7) is 5.90. The van der Waals surface area contributed by atoms with Gasteiger partial charge in [0.2, 0.25) is 5.91 Å². The molecule has 6 nitrogen and oxygen atoms in total. The number of hydrogen-bond donors (Lipinski definition) is 3. The number of nitrogens with one attached hydrogen (secondary N) is 2. The molecule has 0 saturated carbocycles. The summed E-state index contributed by atoms with van der Waals surface area (Å²) >= 11 is 0. The number of amides is 1. The second-order valence-electron chi connectivity index (χ2n) is 5.40. The van der Waals surface area contributed by atoms with Gasteiger partial charge in [0.25, 0.3) is 0 Å². The number of carbonyl (C=O) groups is 2. The van der Waals surface area contributed by atoms with Crippen LogP contribution in [0.25, 0.3) is 0 Å². The van der Waals surface area contributed by atoms with Gasteiger partial charge in [0, 0.05) is 18.5 Å². The molecule has 6 heteroatoms. The maximum absolute atomic E-state index is 12.2. The minimum absolute atomic E-state index is 0.000993. The number of carbonyl (C=O) groups excluding carboxylic acids is 1. The van der Waals surface area contributed by atoms with Crippen LogP contribution in [0.4, 0.5) is 0 Å². The molecule has 1 rings (SSSR count). The molecule has 3 unspecified atom stereocenters. The molecular weight excluding hydrogens is 260 g/mol. The van der Waals surface area contributed by atoms with Crippen molar-refractivity contribution in [1.29, 1.82) is 0 Å². The van der Waals surface area contributed by atoms with Gasteiger partial charge in [-0.05, 0) is 32.7 Å². The fraction of sp³-hybridized carbons (Fsp3) is 0.857. The summed E-state index contributed by atoms with van der Waals surface area (Å²) in [5.41, 5.74) is 0. The van der Waals surface area contributed by atoms with Crippen LogP contribution >= 0.6 is 0 Å². The molecule has 1 amide bonds. The lowest BCUT2D eigenvalue weighted by atomic mass is 10.0. The Morgan fingerprint density at radius 1 is 1.40 bits per heavy atom. The SMILES string of the molecule is CCCNC1COCC1C(=O)NC(C)CCCC(=O)O. The molecular formula is C14H26N2O4. The van der Waals surface area contributed by atoms with Crippen molar-refractivity contribution >= 4 is 11.9 Å². The first-order valence-corrected chi connectivity index (χ1v) is 7.37. The van der Waals surface area contributed by atoms with Crippen molar-refractivity contribution in [3.8, 4) is 0 Å². The molecule has 3 N–H and O–H groups in total. The first kappa shape index (κ1) is 16.9. The van der Waals surface area contributed by atoms with Gasteiger partial charge in [0.15, 0.2) is 0 Å². The number of aliphatic carboxylic acids is 1. The summed E-state index contributed by atoms with van der Waals surface area (Å²) in [4.78, 5) is 22.6. The van der Waals surface area contributed by atoms with Crippen LogP contribution in [0.2, 0.25) is 0 Å². The number of ether oxygens (including phenoxy) is 1. The Hall–Kier alpha value is -1.14. The molecule has 1 aliphatic rings. The Morgan fingerprint density at radius 2 is 2.15 bits per heavy atom. The fourth-order valence-electron chi connectivity index (χ4n) is 2.33. The van der Waals surface area contributed by atoms with Crippen LogP contribution in [0.1, 0.15) is 39.5 Å². The van der Waals surface area contributed by atoms with Crippen LogP contribution in [-0.4, -0.2) is 48.8 Å². The first-order valence-electron chi connectivity index (χ1n) is 7.37. The molecule has 20 heavy (non-hydrogen) atoms. The zero-order chi connectivity index (χ0) is 15.0. The van der Waals surface area contributed by atoms with Crippen molar-refractivity contribution < 1.29 is 19.4 Å². The zero-order valence-electron chi connectivity index (χ0n) is 12.4. The summed E-state index contributed by atoms with van der Waals surface area (Å²) in [6, 6.07) is 0.0791. The van der Waals surface area contributed by atoms with Gasteiger partial charge in [0.05, 0.1) is 19.1 Å². The third kappa shape index (κ3) is 5.88. The molecule has 0 bridgehead atoms. The molecule has 0 aromatic rings. The largest absolute Gasteiger partial charge is 0.481 e. The normalized spacial score (nSPS) is 23.5. The number of carboxylic acid groups (broad SMARTS) is 1. The van der Waals surface area contributed by atoms with E-state index in [2.05, 4.69) is 17.6 Å². The van der Waals surface area contributed by atoms with E-state index in [1.807, 2.05) is 6.92 Å². The number of hydrogen-bond acceptors (Lipinski definition) is 4. The van der Waals surface area contributed by atoms with Gasteiger partial charge in [-0.2, -0.15) is 0 Å². The molecule has 116 valence electrons. The van der Waals surface area contributed by atoms with E-state index in [4.69, 9.17) is 9.84 Å². The van der Waals surface area contributed by atoms with Crippen molar-refractivity contribution in [2.24, 2.45) is 5.92 Å². The van der Waals surface area contributed by atoms with Crippen LogP contribution < -0.4 is 10.6 Å². The van der Waals surface area contributed by atoms with Crippen LogP contribution in [0.3, 0.4) is 0 Å². The molecule has 3 atom stereocenters. The van der Waals surface area contributed by atoms with Gasteiger partial charge in [-0.15, -0.1) is 0 Å².